The van der Waals surface area contributed by atoms with Gasteiger partial charge in [-0.05, 0) is 38.6 Å². The highest BCUT2D eigenvalue weighted by atomic mass is 15.2. The van der Waals surface area contributed by atoms with Crippen molar-refractivity contribution in [3.05, 3.63) is 0 Å². The summed E-state index contributed by atoms with van der Waals surface area (Å²) in [4.78, 5) is 2.68. The van der Waals surface area contributed by atoms with Gasteiger partial charge in [-0.25, -0.2) is 0 Å². The Kier molecular flexibility index (Phi) is 4.87. The van der Waals surface area contributed by atoms with Gasteiger partial charge in [0, 0.05) is 24.7 Å². The first-order valence-electron chi connectivity index (χ1n) is 7.64. The molecule has 1 atom stereocenters. The number of rotatable bonds is 6. The molecule has 100 valence electrons. The average molecular weight is 238 g/mol. The fourth-order valence-corrected chi connectivity index (χ4v) is 3.18. The molecule has 0 saturated heterocycles. The van der Waals surface area contributed by atoms with Gasteiger partial charge < -0.3 is 5.32 Å². The first kappa shape index (κ1) is 13.4. The van der Waals surface area contributed by atoms with E-state index in [4.69, 9.17) is 0 Å². The molecule has 2 saturated carbocycles. The van der Waals surface area contributed by atoms with Crippen LogP contribution in [0.4, 0.5) is 0 Å². The molecule has 0 aromatic rings. The average Bonchev–Trinajstić information content (AvgIpc) is 3.14. The van der Waals surface area contributed by atoms with Gasteiger partial charge in [-0.2, -0.15) is 0 Å². The molecular weight excluding hydrogens is 208 g/mol. The van der Waals surface area contributed by atoms with E-state index in [1.165, 1.54) is 51.5 Å². The normalized spacial score (nSPS) is 24.5. The lowest BCUT2D eigenvalue weighted by atomic mass is 9.91. The topological polar surface area (TPSA) is 15.3 Å². The van der Waals surface area contributed by atoms with E-state index in [0.717, 1.165) is 24.0 Å². The van der Waals surface area contributed by atoms with Gasteiger partial charge in [0.1, 0.15) is 0 Å². The minimum atomic E-state index is 0.721. The lowest BCUT2D eigenvalue weighted by Gasteiger charge is -2.39. The first-order chi connectivity index (χ1) is 8.18. The van der Waals surface area contributed by atoms with Crippen molar-refractivity contribution in [1.82, 2.24) is 10.2 Å². The third kappa shape index (κ3) is 3.96. The first-order valence-corrected chi connectivity index (χ1v) is 7.64. The van der Waals surface area contributed by atoms with Crippen molar-refractivity contribution >= 4 is 0 Å². The standard InChI is InChI=1S/C15H30N2/c1-12(2)15(11-16-13-9-10-13)17(3)14-7-5-4-6-8-14/h12-16H,4-11H2,1-3H3. The molecule has 2 aliphatic carbocycles. The molecule has 0 amide bonds. The van der Waals surface area contributed by atoms with Crippen LogP contribution in [0.1, 0.15) is 58.8 Å². The van der Waals surface area contributed by atoms with Gasteiger partial charge in [-0.15, -0.1) is 0 Å². The molecule has 1 unspecified atom stereocenters. The molecule has 0 aromatic heterocycles. The van der Waals surface area contributed by atoms with Crippen LogP contribution in [0.15, 0.2) is 0 Å². The zero-order chi connectivity index (χ0) is 12.3. The highest BCUT2D eigenvalue weighted by Gasteiger charge is 2.28. The predicted molar refractivity (Wildman–Crippen MR) is 74.3 cm³/mol. The number of nitrogens with zero attached hydrogens (tertiary/aromatic N) is 1. The van der Waals surface area contributed by atoms with Gasteiger partial charge in [0.05, 0.1) is 0 Å². The van der Waals surface area contributed by atoms with Gasteiger partial charge in [0.25, 0.3) is 0 Å². The maximum atomic E-state index is 3.72. The van der Waals surface area contributed by atoms with Crippen molar-refractivity contribution in [1.29, 1.82) is 0 Å². The highest BCUT2D eigenvalue weighted by molar-refractivity contribution is 4.87. The summed E-state index contributed by atoms with van der Waals surface area (Å²) in [6.45, 7) is 5.94. The third-order valence-corrected chi connectivity index (χ3v) is 4.64. The molecule has 17 heavy (non-hydrogen) atoms. The number of hydrogen-bond acceptors (Lipinski definition) is 2. The zero-order valence-electron chi connectivity index (χ0n) is 11.9. The summed E-state index contributed by atoms with van der Waals surface area (Å²) in [5.41, 5.74) is 0. The fraction of sp³-hybridized carbons (Fsp3) is 1.00. The molecule has 1 N–H and O–H groups in total. The second-order valence-corrected chi connectivity index (χ2v) is 6.45. The second-order valence-electron chi connectivity index (χ2n) is 6.45. The Labute approximate surface area is 107 Å². The fourth-order valence-electron chi connectivity index (χ4n) is 3.18. The summed E-state index contributed by atoms with van der Waals surface area (Å²) in [6, 6.07) is 2.41. The van der Waals surface area contributed by atoms with E-state index in [1.807, 2.05) is 0 Å². The Bertz CT molecular complexity index is 217. The van der Waals surface area contributed by atoms with Crippen LogP contribution in [0.2, 0.25) is 0 Å². The van der Waals surface area contributed by atoms with Crippen LogP contribution in [0.5, 0.6) is 0 Å². The van der Waals surface area contributed by atoms with Crippen LogP contribution < -0.4 is 5.32 Å². The number of likely N-dealkylation sites (N-methyl/N-ethyl adjacent to an activating group) is 1. The van der Waals surface area contributed by atoms with E-state index in [2.05, 4.69) is 31.1 Å². The maximum Gasteiger partial charge on any atom is 0.0243 e. The minimum absolute atomic E-state index is 0.721. The lowest BCUT2D eigenvalue weighted by Crippen LogP contribution is -2.49. The van der Waals surface area contributed by atoms with Crippen LogP contribution in [0, 0.1) is 5.92 Å². The van der Waals surface area contributed by atoms with Crippen LogP contribution in [-0.4, -0.2) is 36.6 Å². The Morgan fingerprint density at radius 2 is 1.71 bits per heavy atom. The van der Waals surface area contributed by atoms with Gasteiger partial charge in [-0.1, -0.05) is 33.1 Å². The second kappa shape index (κ2) is 6.19. The molecule has 2 rings (SSSR count). The molecule has 0 aliphatic heterocycles. The summed E-state index contributed by atoms with van der Waals surface area (Å²) in [6.07, 6.45) is 9.98. The summed E-state index contributed by atoms with van der Waals surface area (Å²) >= 11 is 0. The predicted octanol–water partition coefficient (Wildman–Crippen LogP) is 3.03. The van der Waals surface area contributed by atoms with E-state index in [-0.39, 0.29) is 0 Å². The molecule has 0 spiro atoms. The van der Waals surface area contributed by atoms with E-state index in [9.17, 15) is 0 Å². The van der Waals surface area contributed by atoms with Crippen molar-refractivity contribution in [3.8, 4) is 0 Å². The molecule has 0 bridgehead atoms. The Morgan fingerprint density at radius 1 is 1.06 bits per heavy atom. The minimum Gasteiger partial charge on any atom is -0.312 e. The van der Waals surface area contributed by atoms with Gasteiger partial charge in [0.2, 0.25) is 0 Å². The van der Waals surface area contributed by atoms with Crippen molar-refractivity contribution in [2.24, 2.45) is 5.92 Å². The molecule has 0 aromatic carbocycles. The molecule has 2 heteroatoms. The van der Waals surface area contributed by atoms with Crippen LogP contribution in [0.25, 0.3) is 0 Å². The summed E-state index contributed by atoms with van der Waals surface area (Å²) in [5, 5.41) is 3.72. The smallest absolute Gasteiger partial charge is 0.0243 e. The van der Waals surface area contributed by atoms with Crippen molar-refractivity contribution in [2.45, 2.75) is 76.9 Å². The number of hydrogen-bond donors (Lipinski definition) is 1. The zero-order valence-corrected chi connectivity index (χ0v) is 11.9. The van der Waals surface area contributed by atoms with Crippen molar-refractivity contribution in [2.75, 3.05) is 13.6 Å². The van der Waals surface area contributed by atoms with E-state index < -0.39 is 0 Å². The van der Waals surface area contributed by atoms with Crippen LogP contribution in [0.3, 0.4) is 0 Å². The molecular formula is C15H30N2. The SMILES string of the molecule is CC(C)C(CNC1CC1)N(C)C1CCCCC1. The molecule has 2 nitrogen and oxygen atoms in total. The Hall–Kier alpha value is -0.0800. The van der Waals surface area contributed by atoms with E-state index in [1.54, 1.807) is 0 Å². The van der Waals surface area contributed by atoms with Crippen LogP contribution in [-0.2, 0) is 0 Å². The van der Waals surface area contributed by atoms with E-state index >= 15 is 0 Å². The van der Waals surface area contributed by atoms with Gasteiger partial charge in [-0.3, -0.25) is 4.90 Å². The lowest BCUT2D eigenvalue weighted by molar-refractivity contribution is 0.106. The largest absolute Gasteiger partial charge is 0.312 e. The van der Waals surface area contributed by atoms with Gasteiger partial charge in [0.15, 0.2) is 0 Å². The molecule has 0 radical (unpaired) electrons. The van der Waals surface area contributed by atoms with Crippen LogP contribution >= 0.6 is 0 Å². The number of nitrogens with one attached hydrogen (secondary N) is 1. The monoisotopic (exact) mass is 238 g/mol. The Morgan fingerprint density at radius 3 is 2.24 bits per heavy atom. The molecule has 2 fully saturated rings. The summed E-state index contributed by atoms with van der Waals surface area (Å²) in [7, 11) is 2.36. The molecule has 0 heterocycles. The third-order valence-electron chi connectivity index (χ3n) is 4.64. The summed E-state index contributed by atoms with van der Waals surface area (Å²) < 4.78 is 0. The summed E-state index contributed by atoms with van der Waals surface area (Å²) in [5.74, 6) is 0.758. The van der Waals surface area contributed by atoms with Crippen molar-refractivity contribution in [3.63, 3.8) is 0 Å². The Balaban J connectivity index is 1.83. The maximum absolute atomic E-state index is 3.72. The quantitative estimate of drug-likeness (QED) is 0.765. The van der Waals surface area contributed by atoms with Crippen molar-refractivity contribution < 1.29 is 0 Å². The molecule has 2 aliphatic rings. The highest BCUT2D eigenvalue weighted by Crippen LogP contribution is 2.25. The van der Waals surface area contributed by atoms with Gasteiger partial charge >= 0.3 is 0 Å². The van der Waals surface area contributed by atoms with E-state index in [0.29, 0.717) is 0 Å².